The summed E-state index contributed by atoms with van der Waals surface area (Å²) in [6.07, 6.45) is -3.68. The molecule has 6 heteroatoms. The first-order valence-electron chi connectivity index (χ1n) is 6.14. The molecule has 0 fully saturated rings. The molecule has 0 saturated carbocycles. The number of aromatic hydroxyl groups is 1. The van der Waals surface area contributed by atoms with E-state index in [0.29, 0.717) is 17.7 Å². The number of phenols is 1. The van der Waals surface area contributed by atoms with E-state index < -0.39 is 12.7 Å². The van der Waals surface area contributed by atoms with Crippen molar-refractivity contribution in [3.8, 4) is 5.75 Å². The summed E-state index contributed by atoms with van der Waals surface area (Å²) in [5.41, 5.74) is 6.52. The van der Waals surface area contributed by atoms with E-state index in [1.807, 2.05) is 0 Å². The fourth-order valence-electron chi connectivity index (χ4n) is 1.90. The molecule has 0 aromatic heterocycles. The van der Waals surface area contributed by atoms with Crippen LogP contribution >= 0.6 is 0 Å². The van der Waals surface area contributed by atoms with Gasteiger partial charge in [-0.2, -0.15) is 13.2 Å². The van der Waals surface area contributed by atoms with Gasteiger partial charge in [-0.3, -0.25) is 0 Å². The summed E-state index contributed by atoms with van der Waals surface area (Å²) < 4.78 is 37.5. The van der Waals surface area contributed by atoms with E-state index in [0.717, 1.165) is 0 Å². The average molecular weight is 276 g/mol. The monoisotopic (exact) mass is 276 g/mol. The fourth-order valence-corrected chi connectivity index (χ4v) is 1.90. The molecule has 1 unspecified atom stereocenters. The van der Waals surface area contributed by atoms with Crippen molar-refractivity contribution in [1.82, 2.24) is 0 Å². The lowest BCUT2D eigenvalue weighted by Crippen LogP contribution is -2.34. The second-order valence-electron chi connectivity index (χ2n) is 4.57. The lowest BCUT2D eigenvalue weighted by atomic mass is 10.1. The van der Waals surface area contributed by atoms with Crippen LogP contribution in [0, 0.1) is 0 Å². The number of phenolic OH excluding ortho intramolecular Hbond substituents is 1. The highest BCUT2D eigenvalue weighted by atomic mass is 19.4. The Morgan fingerprint density at radius 1 is 1.37 bits per heavy atom. The van der Waals surface area contributed by atoms with E-state index in [1.54, 1.807) is 26.0 Å². The number of nitrogens with zero attached hydrogens (tertiary/aromatic N) is 1. The Morgan fingerprint density at radius 2 is 2.00 bits per heavy atom. The number of anilines is 1. The van der Waals surface area contributed by atoms with Crippen molar-refractivity contribution < 1.29 is 18.3 Å². The Bertz CT molecular complexity index is 419. The molecule has 0 aliphatic rings. The van der Waals surface area contributed by atoms with Gasteiger partial charge in [0.25, 0.3) is 0 Å². The molecule has 3 N–H and O–H groups in total. The molecule has 1 atom stereocenters. The number of benzene rings is 1. The minimum atomic E-state index is -4.27. The Labute approximate surface area is 110 Å². The standard InChI is InChI=1S/C13H19F3N2O/c1-3-6-18(8-13(14,15)16)10-4-5-11(9(2)17)12(19)7-10/h4-5,7,9,19H,3,6,8,17H2,1-2H3. The summed E-state index contributed by atoms with van der Waals surface area (Å²) >= 11 is 0. The van der Waals surface area contributed by atoms with Gasteiger partial charge in [0.2, 0.25) is 0 Å². The summed E-state index contributed by atoms with van der Waals surface area (Å²) in [6, 6.07) is 4.09. The van der Waals surface area contributed by atoms with Gasteiger partial charge >= 0.3 is 6.18 Å². The van der Waals surface area contributed by atoms with Crippen LogP contribution in [0.5, 0.6) is 5.75 Å². The zero-order valence-electron chi connectivity index (χ0n) is 11.0. The number of hydrogen-bond acceptors (Lipinski definition) is 3. The van der Waals surface area contributed by atoms with Gasteiger partial charge in [-0.05, 0) is 19.4 Å². The molecule has 0 heterocycles. The zero-order chi connectivity index (χ0) is 14.6. The molecule has 0 radical (unpaired) electrons. The van der Waals surface area contributed by atoms with Gasteiger partial charge < -0.3 is 15.7 Å². The average Bonchev–Trinajstić information content (AvgIpc) is 2.26. The van der Waals surface area contributed by atoms with Gasteiger partial charge in [-0.1, -0.05) is 13.0 Å². The number of halogens is 3. The molecule has 0 spiro atoms. The minimum Gasteiger partial charge on any atom is -0.508 e. The maximum atomic E-state index is 12.5. The molecule has 0 aliphatic carbocycles. The van der Waals surface area contributed by atoms with Crippen LogP contribution in [-0.2, 0) is 0 Å². The van der Waals surface area contributed by atoms with E-state index in [2.05, 4.69) is 0 Å². The van der Waals surface area contributed by atoms with E-state index in [9.17, 15) is 18.3 Å². The number of hydrogen-bond donors (Lipinski definition) is 2. The van der Waals surface area contributed by atoms with Crippen LogP contribution in [0.25, 0.3) is 0 Å². The second kappa shape index (κ2) is 6.14. The molecule has 0 bridgehead atoms. The molecule has 108 valence electrons. The van der Waals surface area contributed by atoms with Crippen molar-refractivity contribution in [2.45, 2.75) is 32.5 Å². The van der Waals surface area contributed by atoms with Gasteiger partial charge in [-0.25, -0.2) is 0 Å². The molecule has 19 heavy (non-hydrogen) atoms. The van der Waals surface area contributed by atoms with Crippen LogP contribution in [0.4, 0.5) is 18.9 Å². The van der Waals surface area contributed by atoms with Gasteiger partial charge in [0.05, 0.1) is 0 Å². The summed E-state index contributed by atoms with van der Waals surface area (Å²) in [5, 5.41) is 9.79. The third-order valence-electron chi connectivity index (χ3n) is 2.73. The van der Waals surface area contributed by atoms with E-state index in [1.165, 1.54) is 11.0 Å². The third-order valence-corrected chi connectivity index (χ3v) is 2.73. The van der Waals surface area contributed by atoms with Crippen LogP contribution < -0.4 is 10.6 Å². The third kappa shape index (κ3) is 4.63. The Kier molecular flexibility index (Phi) is 5.05. The summed E-state index contributed by atoms with van der Waals surface area (Å²) in [7, 11) is 0. The van der Waals surface area contributed by atoms with Gasteiger partial charge in [0.15, 0.2) is 0 Å². The SMILES string of the molecule is CCCN(CC(F)(F)F)c1ccc(C(C)N)c(O)c1. The zero-order valence-corrected chi connectivity index (χ0v) is 11.0. The molecule has 3 nitrogen and oxygen atoms in total. The maximum Gasteiger partial charge on any atom is 0.405 e. The Balaban J connectivity index is 3.00. The predicted molar refractivity (Wildman–Crippen MR) is 69.3 cm³/mol. The molecule has 0 saturated heterocycles. The van der Waals surface area contributed by atoms with Gasteiger partial charge in [0, 0.05) is 29.9 Å². The first-order valence-corrected chi connectivity index (χ1v) is 6.14. The van der Waals surface area contributed by atoms with Crippen LogP contribution in [0.15, 0.2) is 18.2 Å². The van der Waals surface area contributed by atoms with Crippen molar-refractivity contribution in [2.24, 2.45) is 5.73 Å². The lowest BCUT2D eigenvalue weighted by Gasteiger charge is -2.26. The highest BCUT2D eigenvalue weighted by Crippen LogP contribution is 2.30. The van der Waals surface area contributed by atoms with Crippen molar-refractivity contribution in [3.05, 3.63) is 23.8 Å². The number of nitrogens with two attached hydrogens (primary N) is 1. The quantitative estimate of drug-likeness (QED) is 0.868. The normalized spacial score (nSPS) is 13.4. The van der Waals surface area contributed by atoms with Crippen molar-refractivity contribution in [1.29, 1.82) is 0 Å². The smallest absolute Gasteiger partial charge is 0.405 e. The molecule has 0 amide bonds. The fraction of sp³-hybridized carbons (Fsp3) is 0.538. The molecule has 1 rings (SSSR count). The minimum absolute atomic E-state index is 0.0734. The van der Waals surface area contributed by atoms with Crippen molar-refractivity contribution >= 4 is 5.69 Å². The van der Waals surface area contributed by atoms with Crippen molar-refractivity contribution in [2.75, 3.05) is 18.0 Å². The summed E-state index contributed by atoms with van der Waals surface area (Å²) in [5.74, 6) is -0.0734. The molecular weight excluding hydrogens is 257 g/mol. The van der Waals surface area contributed by atoms with Crippen LogP contribution in [0.2, 0.25) is 0 Å². The van der Waals surface area contributed by atoms with Crippen LogP contribution in [0.1, 0.15) is 31.9 Å². The summed E-state index contributed by atoms with van der Waals surface area (Å²) in [6.45, 7) is 2.75. The first-order chi connectivity index (χ1) is 8.74. The Hall–Kier alpha value is -1.43. The highest BCUT2D eigenvalue weighted by Gasteiger charge is 2.30. The molecule has 1 aromatic rings. The van der Waals surface area contributed by atoms with E-state index in [4.69, 9.17) is 5.73 Å². The number of alkyl halides is 3. The molecule has 1 aromatic carbocycles. The maximum absolute atomic E-state index is 12.5. The van der Waals surface area contributed by atoms with Crippen LogP contribution in [-0.4, -0.2) is 24.4 Å². The topological polar surface area (TPSA) is 49.5 Å². The van der Waals surface area contributed by atoms with Gasteiger partial charge in [0.1, 0.15) is 12.3 Å². The predicted octanol–water partition coefficient (Wildman–Crippen LogP) is 3.19. The number of rotatable bonds is 5. The lowest BCUT2D eigenvalue weighted by molar-refractivity contribution is -0.119. The van der Waals surface area contributed by atoms with E-state index >= 15 is 0 Å². The van der Waals surface area contributed by atoms with Gasteiger partial charge in [-0.15, -0.1) is 0 Å². The first kappa shape index (κ1) is 15.6. The van der Waals surface area contributed by atoms with Crippen molar-refractivity contribution in [3.63, 3.8) is 0 Å². The second-order valence-corrected chi connectivity index (χ2v) is 4.57. The largest absolute Gasteiger partial charge is 0.508 e. The van der Waals surface area contributed by atoms with Crippen LogP contribution in [0.3, 0.4) is 0 Å². The summed E-state index contributed by atoms with van der Waals surface area (Å²) in [4.78, 5) is 1.20. The highest BCUT2D eigenvalue weighted by molar-refractivity contribution is 5.54. The van der Waals surface area contributed by atoms with E-state index in [-0.39, 0.29) is 18.3 Å². The Morgan fingerprint density at radius 3 is 2.42 bits per heavy atom. The molecule has 0 aliphatic heterocycles. The molecular formula is C13H19F3N2O.